The molecule has 0 spiro atoms. The van der Waals surface area contributed by atoms with E-state index in [9.17, 15) is 9.59 Å². The molecule has 0 heterocycles. The van der Waals surface area contributed by atoms with Gasteiger partial charge < -0.3 is 47.4 Å². The number of benzene rings is 2. The predicted octanol–water partition coefficient (Wildman–Crippen LogP) is 6.67. The van der Waals surface area contributed by atoms with E-state index in [-0.39, 0.29) is 17.4 Å². The number of esters is 2. The zero-order valence-electron chi connectivity index (χ0n) is 33.6. The zero-order chi connectivity index (χ0) is 40.0. The lowest BCUT2D eigenvalue weighted by Crippen LogP contribution is -2.19. The Bertz CT molecular complexity index is 1240. The van der Waals surface area contributed by atoms with Crippen molar-refractivity contribution in [3.63, 3.8) is 0 Å². The van der Waals surface area contributed by atoms with Crippen LogP contribution in [0.3, 0.4) is 0 Å². The van der Waals surface area contributed by atoms with Crippen LogP contribution in [-0.2, 0) is 52.9 Å². The van der Waals surface area contributed by atoms with E-state index in [1.165, 1.54) is 11.1 Å². The van der Waals surface area contributed by atoms with Crippen molar-refractivity contribution in [2.75, 3.05) is 106 Å². The summed E-state index contributed by atoms with van der Waals surface area (Å²) in [7, 11) is 0. The van der Waals surface area contributed by atoms with E-state index < -0.39 is 0 Å². The predicted molar refractivity (Wildman–Crippen MR) is 211 cm³/mol. The van der Waals surface area contributed by atoms with Gasteiger partial charge in [0, 0.05) is 69.0 Å². The number of hydrogen-bond acceptors (Lipinski definition) is 12. The van der Waals surface area contributed by atoms with Crippen LogP contribution in [0.15, 0.2) is 72.8 Å². The molecule has 0 aliphatic heterocycles. The third kappa shape index (κ3) is 22.4. The van der Waals surface area contributed by atoms with Gasteiger partial charge in [0.2, 0.25) is 0 Å². The number of ether oxygens (including phenoxy) is 10. The lowest BCUT2D eigenvalue weighted by atomic mass is 9.78. The lowest BCUT2D eigenvalue weighted by Gasteiger charge is -2.26. The smallest absolute Gasteiger partial charge is 0.333 e. The molecule has 0 radical (unpaired) electrons. The molecular formula is C43H64O12. The molecule has 0 N–H and O–H groups in total. The van der Waals surface area contributed by atoms with Crippen LogP contribution < -0.4 is 9.47 Å². The minimum absolute atomic E-state index is 0.204. The quantitative estimate of drug-likeness (QED) is 0.0429. The topological polar surface area (TPSA) is 126 Å². The van der Waals surface area contributed by atoms with Crippen LogP contribution >= 0.6 is 0 Å². The van der Waals surface area contributed by atoms with Crippen LogP contribution in [0.5, 0.6) is 11.5 Å². The molecule has 12 nitrogen and oxygen atoms in total. The Kier molecular flexibility index (Phi) is 25.4. The Hall–Kier alpha value is -3.78. The molecule has 0 fully saturated rings. The molecule has 0 unspecified atom stereocenters. The van der Waals surface area contributed by atoms with E-state index in [0.29, 0.717) is 130 Å². The van der Waals surface area contributed by atoms with Gasteiger partial charge in [-0.15, -0.1) is 0 Å². The Morgan fingerprint density at radius 1 is 0.436 bits per heavy atom. The highest BCUT2D eigenvalue weighted by Gasteiger charge is 2.23. The Morgan fingerprint density at radius 2 is 0.709 bits per heavy atom. The summed E-state index contributed by atoms with van der Waals surface area (Å²) in [6.45, 7) is 22.7. The molecule has 0 aromatic heterocycles. The first kappa shape index (κ1) is 47.4. The van der Waals surface area contributed by atoms with E-state index in [1.54, 1.807) is 13.8 Å². The van der Waals surface area contributed by atoms with E-state index in [2.05, 4.69) is 51.3 Å². The van der Waals surface area contributed by atoms with Gasteiger partial charge >= 0.3 is 11.9 Å². The summed E-state index contributed by atoms with van der Waals surface area (Å²) in [6.07, 6.45) is 2.89. The number of hydrogen-bond donors (Lipinski definition) is 0. The molecule has 0 aliphatic rings. The fourth-order valence-corrected chi connectivity index (χ4v) is 4.81. The fourth-order valence-electron chi connectivity index (χ4n) is 4.81. The first-order valence-electron chi connectivity index (χ1n) is 19.2. The summed E-state index contributed by atoms with van der Waals surface area (Å²) in [5, 5.41) is 0. The summed E-state index contributed by atoms with van der Waals surface area (Å²) in [6, 6.07) is 16.4. The first-order valence-corrected chi connectivity index (χ1v) is 19.2. The monoisotopic (exact) mass is 772 g/mol. The molecule has 0 bridgehead atoms. The number of rotatable bonds is 34. The van der Waals surface area contributed by atoms with Crippen LogP contribution in [0.2, 0.25) is 0 Å². The SMILES string of the molecule is C=C(C)C(=O)OCCCOCCCOCCOCCOc1ccc(C(C)(C)c2ccc(OCCOCCOCCCOCCCOC(=O)C(=C)C)cc2)cc1. The van der Waals surface area contributed by atoms with Gasteiger partial charge in [-0.25, -0.2) is 9.59 Å². The van der Waals surface area contributed by atoms with Crippen molar-refractivity contribution in [2.45, 2.75) is 58.8 Å². The zero-order valence-corrected chi connectivity index (χ0v) is 33.6. The second kappa shape index (κ2) is 29.5. The first-order chi connectivity index (χ1) is 26.6. The lowest BCUT2D eigenvalue weighted by molar-refractivity contribution is -0.140. The van der Waals surface area contributed by atoms with Crippen LogP contribution in [0.25, 0.3) is 0 Å². The van der Waals surface area contributed by atoms with Gasteiger partial charge in [-0.2, -0.15) is 0 Å². The van der Waals surface area contributed by atoms with Gasteiger partial charge in [0.05, 0.1) is 52.9 Å². The Labute approximate surface area is 328 Å². The van der Waals surface area contributed by atoms with Crippen molar-refractivity contribution in [2.24, 2.45) is 0 Å². The molecule has 2 rings (SSSR count). The molecule has 0 amide bonds. The fraction of sp³-hybridized carbons (Fsp3) is 0.581. The summed E-state index contributed by atoms with van der Waals surface area (Å²) < 4.78 is 55.2. The van der Waals surface area contributed by atoms with Crippen molar-refractivity contribution in [1.82, 2.24) is 0 Å². The van der Waals surface area contributed by atoms with E-state index in [4.69, 9.17) is 47.4 Å². The molecule has 0 aliphatic carbocycles. The third-order valence-corrected chi connectivity index (χ3v) is 8.07. The van der Waals surface area contributed by atoms with E-state index in [1.807, 2.05) is 24.3 Å². The van der Waals surface area contributed by atoms with Crippen LogP contribution in [-0.4, -0.2) is 118 Å². The molecule has 0 saturated heterocycles. The second-order valence-corrected chi connectivity index (χ2v) is 13.3. The number of carbonyl (C=O) groups excluding carboxylic acids is 2. The molecule has 2 aromatic carbocycles. The Morgan fingerprint density at radius 3 is 1.04 bits per heavy atom. The van der Waals surface area contributed by atoms with Crippen molar-refractivity contribution < 1.29 is 57.0 Å². The molecule has 12 heteroatoms. The second-order valence-electron chi connectivity index (χ2n) is 13.3. The van der Waals surface area contributed by atoms with Crippen molar-refractivity contribution >= 4 is 11.9 Å². The van der Waals surface area contributed by atoms with Crippen LogP contribution in [0.1, 0.15) is 64.5 Å². The summed E-state index contributed by atoms with van der Waals surface area (Å²) >= 11 is 0. The number of carbonyl (C=O) groups is 2. The highest BCUT2D eigenvalue weighted by Crippen LogP contribution is 2.33. The average molecular weight is 773 g/mol. The van der Waals surface area contributed by atoms with Gasteiger partial charge in [0.15, 0.2) is 0 Å². The molecule has 0 atom stereocenters. The van der Waals surface area contributed by atoms with Gasteiger partial charge in [-0.05, 0) is 62.1 Å². The van der Waals surface area contributed by atoms with Crippen molar-refractivity contribution in [1.29, 1.82) is 0 Å². The largest absolute Gasteiger partial charge is 0.491 e. The maximum absolute atomic E-state index is 11.3. The van der Waals surface area contributed by atoms with Crippen molar-refractivity contribution in [3.05, 3.63) is 84.0 Å². The molecule has 0 saturated carbocycles. The molecule has 2 aromatic rings. The molecule has 55 heavy (non-hydrogen) atoms. The average Bonchev–Trinajstić information content (AvgIpc) is 3.17. The van der Waals surface area contributed by atoms with Crippen molar-refractivity contribution in [3.8, 4) is 11.5 Å². The normalized spacial score (nSPS) is 11.3. The van der Waals surface area contributed by atoms with Crippen LogP contribution in [0, 0.1) is 0 Å². The van der Waals surface area contributed by atoms with Gasteiger partial charge in [-0.3, -0.25) is 0 Å². The van der Waals surface area contributed by atoms with E-state index >= 15 is 0 Å². The standard InChI is InChI=1S/C43H64O12/c1-35(2)41(44)54-25-9-23-46-19-7-21-48-27-29-50-31-33-52-39-15-11-37(12-16-39)43(5,6)38-13-17-40(18-14-38)53-34-32-51-30-28-49-22-8-20-47-24-10-26-55-42(45)36(3)4/h11-18H,1,3,7-10,19-34H2,2,4-6H3. The summed E-state index contributed by atoms with van der Waals surface area (Å²) in [5.74, 6) is 0.856. The Balaban J connectivity index is 1.46. The van der Waals surface area contributed by atoms with Gasteiger partial charge in [0.25, 0.3) is 0 Å². The van der Waals surface area contributed by atoms with Crippen LogP contribution in [0.4, 0.5) is 0 Å². The maximum atomic E-state index is 11.3. The molecule has 308 valence electrons. The summed E-state index contributed by atoms with van der Waals surface area (Å²) in [4.78, 5) is 22.6. The maximum Gasteiger partial charge on any atom is 0.333 e. The molecular weight excluding hydrogens is 708 g/mol. The summed E-state index contributed by atoms with van der Waals surface area (Å²) in [5.41, 5.74) is 2.95. The minimum atomic E-state index is -0.368. The van der Waals surface area contributed by atoms with E-state index in [0.717, 1.165) is 24.3 Å². The van der Waals surface area contributed by atoms with Gasteiger partial charge in [0.1, 0.15) is 24.7 Å². The van der Waals surface area contributed by atoms with Gasteiger partial charge in [-0.1, -0.05) is 51.3 Å². The third-order valence-electron chi connectivity index (χ3n) is 8.07. The highest BCUT2D eigenvalue weighted by atomic mass is 16.6. The minimum Gasteiger partial charge on any atom is -0.491 e. The highest BCUT2D eigenvalue weighted by molar-refractivity contribution is 5.87.